The van der Waals surface area contributed by atoms with Gasteiger partial charge in [-0.2, -0.15) is 5.10 Å². The SMILES string of the molecule is CC(C(=O)Nc1cccc2ccccc12)n1nc(-c2ccco2)ccc1=O. The van der Waals surface area contributed by atoms with Crippen LogP contribution in [0.4, 0.5) is 5.69 Å². The summed E-state index contributed by atoms with van der Waals surface area (Å²) in [5.74, 6) is 0.211. The quantitative estimate of drug-likeness (QED) is 0.600. The van der Waals surface area contributed by atoms with Crippen LogP contribution in [-0.4, -0.2) is 15.7 Å². The molecule has 1 N–H and O–H groups in total. The summed E-state index contributed by atoms with van der Waals surface area (Å²) in [6.07, 6.45) is 1.53. The van der Waals surface area contributed by atoms with Crippen LogP contribution in [0.5, 0.6) is 0 Å². The zero-order chi connectivity index (χ0) is 18.8. The lowest BCUT2D eigenvalue weighted by molar-refractivity contribution is -0.119. The zero-order valence-corrected chi connectivity index (χ0v) is 14.6. The van der Waals surface area contributed by atoms with Gasteiger partial charge in [0, 0.05) is 17.1 Å². The first-order chi connectivity index (χ1) is 13.1. The summed E-state index contributed by atoms with van der Waals surface area (Å²) in [4.78, 5) is 25.0. The number of hydrogen-bond acceptors (Lipinski definition) is 4. The van der Waals surface area contributed by atoms with E-state index in [9.17, 15) is 9.59 Å². The van der Waals surface area contributed by atoms with Crippen molar-refractivity contribution in [2.75, 3.05) is 5.32 Å². The molecular formula is C21H17N3O3. The van der Waals surface area contributed by atoms with Crippen LogP contribution in [0.15, 0.2) is 82.2 Å². The molecule has 0 bridgehead atoms. The Kier molecular flexibility index (Phi) is 4.30. The summed E-state index contributed by atoms with van der Waals surface area (Å²) in [5, 5.41) is 9.15. The zero-order valence-electron chi connectivity index (χ0n) is 14.6. The minimum Gasteiger partial charge on any atom is -0.463 e. The highest BCUT2D eigenvalue weighted by Crippen LogP contribution is 2.24. The molecule has 2 heterocycles. The van der Waals surface area contributed by atoms with E-state index in [1.165, 1.54) is 12.3 Å². The fraction of sp³-hybridized carbons (Fsp3) is 0.0952. The van der Waals surface area contributed by atoms with Crippen molar-refractivity contribution >= 4 is 22.4 Å². The molecule has 134 valence electrons. The molecule has 0 saturated carbocycles. The summed E-state index contributed by atoms with van der Waals surface area (Å²) >= 11 is 0. The molecule has 4 rings (SSSR count). The lowest BCUT2D eigenvalue weighted by Crippen LogP contribution is -2.33. The number of rotatable bonds is 4. The Morgan fingerprint density at radius 1 is 1.04 bits per heavy atom. The first-order valence-corrected chi connectivity index (χ1v) is 8.56. The summed E-state index contributed by atoms with van der Waals surface area (Å²) in [6.45, 7) is 1.64. The second kappa shape index (κ2) is 6.92. The third-order valence-electron chi connectivity index (χ3n) is 4.39. The van der Waals surface area contributed by atoms with Crippen LogP contribution in [0, 0.1) is 0 Å². The smallest absolute Gasteiger partial charge is 0.267 e. The number of hydrogen-bond donors (Lipinski definition) is 1. The van der Waals surface area contributed by atoms with Crippen LogP contribution in [-0.2, 0) is 4.79 Å². The van der Waals surface area contributed by atoms with Gasteiger partial charge in [0.25, 0.3) is 5.56 Å². The molecule has 6 nitrogen and oxygen atoms in total. The number of benzene rings is 2. The van der Waals surface area contributed by atoms with Crippen molar-refractivity contribution in [1.29, 1.82) is 0 Å². The number of anilines is 1. The molecule has 0 radical (unpaired) electrons. The van der Waals surface area contributed by atoms with Crippen LogP contribution in [0.2, 0.25) is 0 Å². The van der Waals surface area contributed by atoms with Crippen molar-refractivity contribution < 1.29 is 9.21 Å². The minimum absolute atomic E-state index is 0.322. The molecule has 0 aliphatic rings. The van der Waals surface area contributed by atoms with Crippen LogP contribution in [0.25, 0.3) is 22.2 Å². The molecule has 4 aromatic rings. The van der Waals surface area contributed by atoms with Gasteiger partial charge in [-0.25, -0.2) is 4.68 Å². The maximum Gasteiger partial charge on any atom is 0.267 e. The van der Waals surface area contributed by atoms with Crippen molar-refractivity contribution in [3.8, 4) is 11.5 Å². The van der Waals surface area contributed by atoms with E-state index in [-0.39, 0.29) is 11.5 Å². The lowest BCUT2D eigenvalue weighted by atomic mass is 10.1. The molecule has 1 unspecified atom stereocenters. The van der Waals surface area contributed by atoms with Gasteiger partial charge in [-0.1, -0.05) is 36.4 Å². The third-order valence-corrected chi connectivity index (χ3v) is 4.39. The highest BCUT2D eigenvalue weighted by molar-refractivity contribution is 6.03. The molecule has 6 heteroatoms. The van der Waals surface area contributed by atoms with Crippen LogP contribution < -0.4 is 10.9 Å². The number of fused-ring (bicyclic) bond motifs is 1. The van der Waals surface area contributed by atoms with Crippen LogP contribution in [0.1, 0.15) is 13.0 Å². The van der Waals surface area contributed by atoms with Crippen molar-refractivity contribution in [2.24, 2.45) is 0 Å². The first kappa shape index (κ1) is 16.8. The maximum absolute atomic E-state index is 12.8. The monoisotopic (exact) mass is 359 g/mol. The average Bonchev–Trinajstić information content (AvgIpc) is 3.23. The Morgan fingerprint density at radius 2 is 1.85 bits per heavy atom. The number of amides is 1. The Bertz CT molecular complexity index is 1160. The van der Waals surface area contributed by atoms with Crippen molar-refractivity contribution in [3.63, 3.8) is 0 Å². The molecule has 2 aromatic carbocycles. The predicted octanol–water partition coefficient (Wildman–Crippen LogP) is 3.86. The molecule has 0 saturated heterocycles. The minimum atomic E-state index is -0.786. The second-order valence-corrected chi connectivity index (χ2v) is 6.17. The van der Waals surface area contributed by atoms with Gasteiger partial charge >= 0.3 is 0 Å². The van der Waals surface area contributed by atoms with E-state index >= 15 is 0 Å². The highest BCUT2D eigenvalue weighted by Gasteiger charge is 2.19. The number of nitrogens with one attached hydrogen (secondary N) is 1. The third kappa shape index (κ3) is 3.25. The topological polar surface area (TPSA) is 77.1 Å². The van der Waals surface area contributed by atoms with E-state index in [1.807, 2.05) is 42.5 Å². The Morgan fingerprint density at radius 3 is 2.67 bits per heavy atom. The van der Waals surface area contributed by atoms with Crippen molar-refractivity contribution in [2.45, 2.75) is 13.0 Å². The molecular weight excluding hydrogens is 342 g/mol. The standard InChI is InChI=1S/C21H17N3O3/c1-14(24-20(25)12-11-18(23-24)19-10-5-13-27-19)21(26)22-17-9-4-7-15-6-2-3-8-16(15)17/h2-14H,1H3,(H,22,26). The van der Waals surface area contributed by atoms with Gasteiger partial charge < -0.3 is 9.73 Å². The second-order valence-electron chi connectivity index (χ2n) is 6.17. The van der Waals surface area contributed by atoms with E-state index in [1.54, 1.807) is 25.1 Å². The van der Waals surface area contributed by atoms with E-state index < -0.39 is 6.04 Å². The Balaban J connectivity index is 1.64. The largest absolute Gasteiger partial charge is 0.463 e. The van der Waals surface area contributed by atoms with E-state index in [0.29, 0.717) is 17.1 Å². The van der Waals surface area contributed by atoms with E-state index in [4.69, 9.17) is 4.42 Å². The fourth-order valence-electron chi connectivity index (χ4n) is 2.94. The molecule has 2 aromatic heterocycles. The Labute approximate surface area is 155 Å². The fourth-order valence-corrected chi connectivity index (χ4v) is 2.94. The average molecular weight is 359 g/mol. The predicted molar refractivity (Wildman–Crippen MR) is 103 cm³/mol. The summed E-state index contributed by atoms with van der Waals surface area (Å²) in [5.41, 5.74) is 0.829. The van der Waals surface area contributed by atoms with E-state index in [0.717, 1.165) is 15.5 Å². The van der Waals surface area contributed by atoms with Gasteiger partial charge in [0.1, 0.15) is 11.7 Å². The molecule has 1 amide bonds. The summed E-state index contributed by atoms with van der Waals surface area (Å²) < 4.78 is 6.49. The van der Waals surface area contributed by atoms with Gasteiger partial charge in [-0.15, -0.1) is 0 Å². The molecule has 0 spiro atoms. The van der Waals surface area contributed by atoms with Crippen LogP contribution >= 0.6 is 0 Å². The Hall–Kier alpha value is -3.67. The van der Waals surface area contributed by atoms with Gasteiger partial charge in [-0.3, -0.25) is 9.59 Å². The highest BCUT2D eigenvalue weighted by atomic mass is 16.3. The number of carbonyl (C=O) groups excluding carboxylic acids is 1. The lowest BCUT2D eigenvalue weighted by Gasteiger charge is -2.15. The van der Waals surface area contributed by atoms with Crippen molar-refractivity contribution in [3.05, 3.63) is 83.3 Å². The van der Waals surface area contributed by atoms with Gasteiger partial charge in [-0.05, 0) is 36.6 Å². The number of furan rings is 1. The number of nitrogens with zero attached hydrogens (tertiary/aromatic N) is 2. The first-order valence-electron chi connectivity index (χ1n) is 8.56. The molecule has 0 fully saturated rings. The number of carbonyl (C=O) groups is 1. The van der Waals surface area contributed by atoms with Crippen molar-refractivity contribution in [1.82, 2.24) is 9.78 Å². The normalized spacial score (nSPS) is 12.0. The number of aromatic nitrogens is 2. The summed E-state index contributed by atoms with van der Waals surface area (Å²) in [6, 6.07) is 19.1. The van der Waals surface area contributed by atoms with Gasteiger partial charge in [0.15, 0.2) is 5.76 Å². The maximum atomic E-state index is 12.8. The molecule has 0 aliphatic carbocycles. The molecule has 27 heavy (non-hydrogen) atoms. The van der Waals surface area contributed by atoms with E-state index in [2.05, 4.69) is 10.4 Å². The summed E-state index contributed by atoms with van der Waals surface area (Å²) in [7, 11) is 0. The van der Waals surface area contributed by atoms with Gasteiger partial charge in [0.2, 0.25) is 5.91 Å². The van der Waals surface area contributed by atoms with Gasteiger partial charge in [0.05, 0.1) is 6.26 Å². The van der Waals surface area contributed by atoms with Crippen LogP contribution in [0.3, 0.4) is 0 Å². The molecule has 1 atom stereocenters. The molecule has 0 aliphatic heterocycles.